The van der Waals surface area contributed by atoms with Crippen LogP contribution in [0.5, 0.6) is 11.5 Å². The molecule has 0 spiro atoms. The highest BCUT2D eigenvalue weighted by Gasteiger charge is 2.28. The van der Waals surface area contributed by atoms with Crippen molar-refractivity contribution in [3.8, 4) is 11.5 Å². The number of amides is 1. The average Bonchev–Trinajstić information content (AvgIpc) is 3.41. The smallest absolute Gasteiger partial charge is 0.238 e. The fraction of sp³-hybridized carbons (Fsp3) is 0.321. The van der Waals surface area contributed by atoms with Crippen molar-refractivity contribution < 1.29 is 27.1 Å². The van der Waals surface area contributed by atoms with E-state index < -0.39 is 16.1 Å². The summed E-state index contributed by atoms with van der Waals surface area (Å²) >= 11 is 0. The van der Waals surface area contributed by atoms with Gasteiger partial charge in [-0.3, -0.25) is 4.79 Å². The highest BCUT2D eigenvalue weighted by atomic mass is 32.2. The molecule has 2 aromatic carbocycles. The van der Waals surface area contributed by atoms with Crippen LogP contribution in [0.3, 0.4) is 0 Å². The number of nitrogens with zero attached hydrogens (tertiary/aromatic N) is 2. The number of sulfonamides is 1. The lowest BCUT2D eigenvalue weighted by Crippen LogP contribution is -2.45. The number of rotatable bonds is 13. The summed E-state index contributed by atoms with van der Waals surface area (Å²) < 4.78 is 43.7. The molecule has 3 rings (SSSR count). The third kappa shape index (κ3) is 7.96. The van der Waals surface area contributed by atoms with Gasteiger partial charge in [-0.15, -0.1) is 0 Å². The minimum Gasteiger partial charge on any atom is -0.493 e. The van der Waals surface area contributed by atoms with Crippen LogP contribution in [-0.4, -0.2) is 56.9 Å². The Morgan fingerprint density at radius 2 is 1.73 bits per heavy atom. The van der Waals surface area contributed by atoms with Crippen LogP contribution in [0.15, 0.2) is 76.8 Å². The molecule has 8 nitrogen and oxygen atoms in total. The van der Waals surface area contributed by atoms with E-state index in [1.807, 2.05) is 48.5 Å². The molecule has 9 heteroatoms. The van der Waals surface area contributed by atoms with Crippen LogP contribution in [0, 0.1) is 0 Å². The van der Waals surface area contributed by atoms with E-state index in [4.69, 9.17) is 13.9 Å². The summed E-state index contributed by atoms with van der Waals surface area (Å²) in [6.07, 6.45) is 3.62. The van der Waals surface area contributed by atoms with Crippen molar-refractivity contribution in [2.45, 2.75) is 32.9 Å². The van der Waals surface area contributed by atoms with Gasteiger partial charge in [-0.25, -0.2) is 8.42 Å². The number of hydrogen-bond donors (Lipinski definition) is 0. The summed E-state index contributed by atoms with van der Waals surface area (Å²) in [6, 6.07) is 17.9. The van der Waals surface area contributed by atoms with Crippen LogP contribution < -0.4 is 9.47 Å². The van der Waals surface area contributed by atoms with Crippen LogP contribution in [0.1, 0.15) is 30.7 Å². The second-order valence-corrected chi connectivity index (χ2v) is 10.5. The molecule has 0 atom stereocenters. The van der Waals surface area contributed by atoms with E-state index in [9.17, 15) is 13.2 Å². The lowest BCUT2D eigenvalue weighted by molar-refractivity contribution is -0.132. The molecule has 1 aromatic heterocycles. The monoisotopic (exact) mass is 526 g/mol. The topological polar surface area (TPSA) is 89.3 Å². The van der Waals surface area contributed by atoms with E-state index in [2.05, 4.69) is 0 Å². The minimum atomic E-state index is -3.84. The molecule has 0 unspecified atom stereocenters. The first-order valence-corrected chi connectivity index (χ1v) is 13.5. The van der Waals surface area contributed by atoms with Gasteiger partial charge in [0, 0.05) is 18.0 Å². The van der Waals surface area contributed by atoms with Gasteiger partial charge in [-0.2, -0.15) is 4.31 Å². The third-order valence-corrected chi connectivity index (χ3v) is 7.51. The quantitative estimate of drug-likeness (QED) is 0.324. The molecule has 0 aliphatic carbocycles. The van der Waals surface area contributed by atoms with Gasteiger partial charge < -0.3 is 18.8 Å². The van der Waals surface area contributed by atoms with Crippen molar-refractivity contribution in [2.75, 3.05) is 27.3 Å². The molecule has 198 valence electrons. The first kappa shape index (κ1) is 28.0. The normalized spacial score (nSPS) is 11.8. The summed E-state index contributed by atoms with van der Waals surface area (Å²) in [5.74, 6) is 1.52. The zero-order chi connectivity index (χ0) is 26.8. The number of carbonyl (C=O) groups is 1. The van der Waals surface area contributed by atoms with Gasteiger partial charge in [0.15, 0.2) is 11.5 Å². The van der Waals surface area contributed by atoms with Gasteiger partial charge >= 0.3 is 0 Å². The maximum absolute atomic E-state index is 13.5. The molecular formula is C28H34N2O6S. The Kier molecular flexibility index (Phi) is 9.93. The fourth-order valence-electron chi connectivity index (χ4n) is 3.79. The molecule has 1 heterocycles. The van der Waals surface area contributed by atoms with Crippen molar-refractivity contribution in [3.63, 3.8) is 0 Å². The molecule has 0 saturated carbocycles. The number of furan rings is 1. The molecule has 0 N–H and O–H groups in total. The molecule has 0 aliphatic heterocycles. The van der Waals surface area contributed by atoms with Crippen molar-refractivity contribution in [3.05, 3.63) is 89.2 Å². The number of hydrogen-bond acceptors (Lipinski definition) is 6. The van der Waals surface area contributed by atoms with Gasteiger partial charge in [-0.05, 0) is 61.7 Å². The van der Waals surface area contributed by atoms with E-state index in [0.29, 0.717) is 30.2 Å². The molecule has 37 heavy (non-hydrogen) atoms. The average molecular weight is 527 g/mol. The molecule has 0 fully saturated rings. The maximum atomic E-state index is 13.5. The standard InChI is InChI=1S/C28H34N2O6S/c1-22(2)30(37(32,33)18-15-23-9-6-5-7-10-23)21-28(31)29(20-25-11-8-17-36-25)16-14-24-12-13-26(34-3)27(19-24)35-4/h5-13,15,17-19,22H,14,16,20-21H2,1-4H3/b18-15+. The highest BCUT2D eigenvalue weighted by Crippen LogP contribution is 2.28. The Morgan fingerprint density at radius 3 is 2.35 bits per heavy atom. The summed E-state index contributed by atoms with van der Waals surface area (Å²) in [7, 11) is -0.698. The Morgan fingerprint density at radius 1 is 1.00 bits per heavy atom. The number of ether oxygens (including phenoxy) is 2. The van der Waals surface area contributed by atoms with Gasteiger partial charge in [-0.1, -0.05) is 36.4 Å². The minimum absolute atomic E-state index is 0.227. The molecule has 3 aromatic rings. The van der Waals surface area contributed by atoms with E-state index >= 15 is 0 Å². The largest absolute Gasteiger partial charge is 0.493 e. The van der Waals surface area contributed by atoms with Crippen molar-refractivity contribution in [1.29, 1.82) is 0 Å². The second kappa shape index (κ2) is 13.1. The van der Waals surface area contributed by atoms with Gasteiger partial charge in [0.25, 0.3) is 0 Å². The fourth-order valence-corrected chi connectivity index (χ4v) is 5.15. The Labute approximate surface area is 219 Å². The van der Waals surface area contributed by atoms with Gasteiger partial charge in [0.05, 0.1) is 33.6 Å². The van der Waals surface area contributed by atoms with Gasteiger partial charge in [0.2, 0.25) is 15.9 Å². The van der Waals surface area contributed by atoms with E-state index in [0.717, 1.165) is 16.5 Å². The number of carbonyl (C=O) groups excluding carboxylic acids is 1. The predicted molar refractivity (Wildman–Crippen MR) is 144 cm³/mol. The lowest BCUT2D eigenvalue weighted by atomic mass is 10.1. The summed E-state index contributed by atoms with van der Waals surface area (Å²) in [5, 5.41) is 1.15. The molecule has 0 aliphatic rings. The van der Waals surface area contributed by atoms with Crippen LogP contribution in [0.2, 0.25) is 0 Å². The van der Waals surface area contributed by atoms with Crippen LogP contribution >= 0.6 is 0 Å². The lowest BCUT2D eigenvalue weighted by Gasteiger charge is -2.28. The van der Waals surface area contributed by atoms with E-state index in [1.165, 1.54) is 10.4 Å². The zero-order valence-electron chi connectivity index (χ0n) is 21.7. The van der Waals surface area contributed by atoms with Crippen LogP contribution in [0.4, 0.5) is 0 Å². The second-order valence-electron chi connectivity index (χ2n) is 8.73. The SMILES string of the molecule is COc1ccc(CCN(Cc2ccco2)C(=O)CN(C(C)C)S(=O)(=O)/C=C/c2ccccc2)cc1OC. The number of methoxy groups -OCH3 is 2. The molecule has 1 amide bonds. The number of benzene rings is 2. The molecule has 0 saturated heterocycles. The van der Waals surface area contributed by atoms with Crippen molar-refractivity contribution >= 4 is 22.0 Å². The van der Waals surface area contributed by atoms with E-state index in [1.54, 1.807) is 51.4 Å². The van der Waals surface area contributed by atoms with Crippen LogP contribution in [0.25, 0.3) is 6.08 Å². The summed E-state index contributed by atoms with van der Waals surface area (Å²) in [4.78, 5) is 15.1. The highest BCUT2D eigenvalue weighted by molar-refractivity contribution is 7.92. The first-order valence-electron chi connectivity index (χ1n) is 12.0. The van der Waals surface area contributed by atoms with Crippen molar-refractivity contribution in [1.82, 2.24) is 9.21 Å². The van der Waals surface area contributed by atoms with Gasteiger partial charge in [0.1, 0.15) is 5.76 Å². The Balaban J connectivity index is 1.78. The maximum Gasteiger partial charge on any atom is 0.238 e. The third-order valence-electron chi connectivity index (χ3n) is 5.82. The Hall–Kier alpha value is -3.56. The Bertz CT molecular complexity index is 1270. The molecule has 0 bridgehead atoms. The van der Waals surface area contributed by atoms with Crippen molar-refractivity contribution in [2.24, 2.45) is 0 Å². The first-order chi connectivity index (χ1) is 17.7. The molecular weight excluding hydrogens is 492 g/mol. The zero-order valence-corrected chi connectivity index (χ0v) is 22.5. The van der Waals surface area contributed by atoms with Crippen LogP contribution in [-0.2, 0) is 27.8 Å². The summed E-state index contributed by atoms with van der Waals surface area (Å²) in [6.45, 7) is 3.81. The van der Waals surface area contributed by atoms with E-state index in [-0.39, 0.29) is 19.0 Å². The summed E-state index contributed by atoms with van der Waals surface area (Å²) in [5.41, 5.74) is 1.71. The molecule has 0 radical (unpaired) electrons. The predicted octanol–water partition coefficient (Wildman–Crippen LogP) is 4.58.